The second kappa shape index (κ2) is 9.69. The number of nitrogens with one attached hydrogen (secondary N) is 1. The van der Waals surface area contributed by atoms with Crippen LogP contribution in [0.4, 0.5) is 5.69 Å². The van der Waals surface area contributed by atoms with Crippen molar-refractivity contribution >= 4 is 24.0 Å². The first-order valence-electron chi connectivity index (χ1n) is 9.11. The second-order valence-corrected chi connectivity index (χ2v) is 6.64. The van der Waals surface area contributed by atoms with Crippen molar-refractivity contribution in [2.75, 3.05) is 31.1 Å². The van der Waals surface area contributed by atoms with Crippen molar-refractivity contribution in [1.29, 1.82) is 0 Å². The lowest BCUT2D eigenvalue weighted by atomic mass is 9.98. The molecule has 1 aliphatic rings. The fourth-order valence-electron chi connectivity index (χ4n) is 3.53. The summed E-state index contributed by atoms with van der Waals surface area (Å²) in [6, 6.07) is 0.307. The molecule has 1 atom stereocenters. The molecule has 26 heavy (non-hydrogen) atoms. The van der Waals surface area contributed by atoms with E-state index in [1.54, 1.807) is 6.20 Å². The van der Waals surface area contributed by atoms with Gasteiger partial charge in [-0.15, -0.1) is 0 Å². The quantitative estimate of drug-likeness (QED) is 0.585. The molecule has 0 unspecified atom stereocenters. The van der Waals surface area contributed by atoms with E-state index in [1.807, 2.05) is 6.92 Å². The Balaban J connectivity index is 2.18. The zero-order valence-corrected chi connectivity index (χ0v) is 16.6. The number of hydrogen-bond donors (Lipinski definition) is 1. The standard InChI is InChI=1S/C19H28ClN5O/c1-5-8-14(15(6-2)21-4)16(7-3)24-9-11-25(12-10-24)17-13-22-23-19(26)18(17)20/h5,8,13,16H,4,6-7,9-12H2,1-3H3,(H,23,26)/b8-5-,15-14+/t16-/m0/s1. The van der Waals surface area contributed by atoms with Gasteiger partial charge in [-0.3, -0.25) is 14.7 Å². The maximum Gasteiger partial charge on any atom is 0.285 e. The molecule has 0 spiro atoms. The molecular formula is C19H28ClN5O. The van der Waals surface area contributed by atoms with Gasteiger partial charge in [0.1, 0.15) is 5.02 Å². The van der Waals surface area contributed by atoms with Crippen LogP contribution in [0.25, 0.3) is 0 Å². The van der Waals surface area contributed by atoms with E-state index in [1.165, 1.54) is 5.57 Å². The predicted molar refractivity (Wildman–Crippen MR) is 109 cm³/mol. The first-order chi connectivity index (χ1) is 12.6. The highest BCUT2D eigenvalue weighted by Gasteiger charge is 2.27. The highest BCUT2D eigenvalue weighted by Crippen LogP contribution is 2.26. The zero-order valence-electron chi connectivity index (χ0n) is 15.8. The number of halogens is 1. The molecule has 1 aliphatic heterocycles. The van der Waals surface area contributed by atoms with Gasteiger partial charge in [-0.2, -0.15) is 5.10 Å². The molecule has 0 aromatic carbocycles. The Hall–Kier alpha value is -1.92. The van der Waals surface area contributed by atoms with Crippen LogP contribution in [0.3, 0.4) is 0 Å². The van der Waals surface area contributed by atoms with Crippen molar-refractivity contribution < 1.29 is 0 Å². The summed E-state index contributed by atoms with van der Waals surface area (Å²) in [6.07, 6.45) is 7.72. The largest absolute Gasteiger partial charge is 0.366 e. The van der Waals surface area contributed by atoms with Crippen molar-refractivity contribution in [3.63, 3.8) is 0 Å². The van der Waals surface area contributed by atoms with Crippen LogP contribution in [0.15, 0.2) is 39.4 Å². The van der Waals surface area contributed by atoms with Gasteiger partial charge in [-0.05, 0) is 32.1 Å². The van der Waals surface area contributed by atoms with E-state index >= 15 is 0 Å². The third-order valence-electron chi connectivity index (χ3n) is 4.82. The predicted octanol–water partition coefficient (Wildman–Crippen LogP) is 3.26. The van der Waals surface area contributed by atoms with E-state index in [0.717, 1.165) is 44.7 Å². The number of aromatic nitrogens is 2. The van der Waals surface area contributed by atoms with Gasteiger partial charge in [-0.25, -0.2) is 5.10 Å². The topological polar surface area (TPSA) is 64.6 Å². The number of aromatic amines is 1. The average Bonchev–Trinajstić information content (AvgIpc) is 2.66. The number of rotatable bonds is 7. The molecule has 1 aromatic heterocycles. The van der Waals surface area contributed by atoms with Gasteiger partial charge < -0.3 is 4.90 Å². The van der Waals surface area contributed by atoms with E-state index in [2.05, 4.69) is 57.7 Å². The summed E-state index contributed by atoms with van der Waals surface area (Å²) in [5.74, 6) is 0. The first kappa shape index (κ1) is 20.4. The average molecular weight is 378 g/mol. The molecule has 0 aliphatic carbocycles. The molecule has 1 fully saturated rings. The number of piperazine rings is 1. The van der Waals surface area contributed by atoms with E-state index in [4.69, 9.17) is 11.6 Å². The highest BCUT2D eigenvalue weighted by atomic mass is 35.5. The Morgan fingerprint density at radius 3 is 2.65 bits per heavy atom. The van der Waals surface area contributed by atoms with E-state index in [0.29, 0.717) is 11.7 Å². The van der Waals surface area contributed by atoms with Gasteiger partial charge in [0.25, 0.3) is 5.56 Å². The van der Waals surface area contributed by atoms with Crippen LogP contribution in [0.2, 0.25) is 5.02 Å². The fourth-order valence-corrected chi connectivity index (χ4v) is 3.74. The molecule has 142 valence electrons. The van der Waals surface area contributed by atoms with Crippen molar-refractivity contribution in [1.82, 2.24) is 15.1 Å². The van der Waals surface area contributed by atoms with Crippen molar-refractivity contribution in [2.24, 2.45) is 4.99 Å². The van der Waals surface area contributed by atoms with Crippen LogP contribution < -0.4 is 10.5 Å². The maximum atomic E-state index is 11.7. The van der Waals surface area contributed by atoms with E-state index in [-0.39, 0.29) is 10.6 Å². The van der Waals surface area contributed by atoms with Crippen LogP contribution in [-0.2, 0) is 0 Å². The summed E-state index contributed by atoms with van der Waals surface area (Å²) in [4.78, 5) is 20.5. The van der Waals surface area contributed by atoms with Gasteiger partial charge >= 0.3 is 0 Å². The fraction of sp³-hybridized carbons (Fsp3) is 0.526. The second-order valence-electron chi connectivity index (χ2n) is 6.26. The number of anilines is 1. The summed E-state index contributed by atoms with van der Waals surface area (Å²) in [5.41, 5.74) is 2.66. The summed E-state index contributed by atoms with van der Waals surface area (Å²) in [5, 5.41) is 6.45. The normalized spacial score (nSPS) is 18.1. The van der Waals surface area contributed by atoms with Crippen LogP contribution in [0.1, 0.15) is 33.6 Å². The summed E-state index contributed by atoms with van der Waals surface area (Å²) in [6.45, 7) is 13.5. The van der Waals surface area contributed by atoms with Crippen molar-refractivity contribution in [2.45, 2.75) is 39.7 Å². The Morgan fingerprint density at radius 1 is 1.42 bits per heavy atom. The number of allylic oxidation sites excluding steroid dienone is 2. The number of nitrogens with zero attached hydrogens (tertiary/aromatic N) is 4. The van der Waals surface area contributed by atoms with E-state index in [9.17, 15) is 4.79 Å². The smallest absolute Gasteiger partial charge is 0.285 e. The molecule has 7 heteroatoms. The SMILES string of the molecule is C=N/C(CC)=C(\C=C/C)[C@H](CC)N1CCN(c2cn[nH]c(=O)c2Cl)CC1. The number of H-pyrrole nitrogens is 1. The van der Waals surface area contributed by atoms with Gasteiger partial charge in [0, 0.05) is 37.9 Å². The monoisotopic (exact) mass is 377 g/mol. The van der Waals surface area contributed by atoms with Gasteiger partial charge in [0.2, 0.25) is 0 Å². The summed E-state index contributed by atoms with van der Waals surface area (Å²) in [7, 11) is 0. The molecule has 0 saturated carbocycles. The maximum absolute atomic E-state index is 11.7. The van der Waals surface area contributed by atoms with Gasteiger partial charge in [-0.1, -0.05) is 37.6 Å². The minimum atomic E-state index is -0.346. The third-order valence-corrected chi connectivity index (χ3v) is 5.19. The van der Waals surface area contributed by atoms with Crippen LogP contribution in [-0.4, -0.2) is 54.0 Å². The first-order valence-corrected chi connectivity index (χ1v) is 9.49. The number of hydrogen-bond acceptors (Lipinski definition) is 5. The molecule has 0 radical (unpaired) electrons. The molecule has 1 saturated heterocycles. The van der Waals surface area contributed by atoms with Crippen LogP contribution >= 0.6 is 11.6 Å². The molecular weight excluding hydrogens is 350 g/mol. The molecule has 0 bridgehead atoms. The van der Waals surface area contributed by atoms with Crippen molar-refractivity contribution in [3.8, 4) is 0 Å². The molecule has 6 nitrogen and oxygen atoms in total. The minimum absolute atomic E-state index is 0.208. The lowest BCUT2D eigenvalue weighted by Gasteiger charge is -2.40. The Morgan fingerprint density at radius 2 is 2.12 bits per heavy atom. The molecule has 1 N–H and O–H groups in total. The van der Waals surface area contributed by atoms with E-state index < -0.39 is 0 Å². The minimum Gasteiger partial charge on any atom is -0.366 e. The lowest BCUT2D eigenvalue weighted by Crippen LogP contribution is -2.51. The highest BCUT2D eigenvalue weighted by molar-refractivity contribution is 6.33. The Kier molecular flexibility index (Phi) is 7.60. The summed E-state index contributed by atoms with van der Waals surface area (Å²) < 4.78 is 0. The van der Waals surface area contributed by atoms with Crippen molar-refractivity contribution in [3.05, 3.63) is 45.0 Å². The lowest BCUT2D eigenvalue weighted by molar-refractivity contribution is 0.205. The van der Waals surface area contributed by atoms with Crippen LogP contribution in [0, 0.1) is 0 Å². The van der Waals surface area contributed by atoms with Gasteiger partial charge in [0.05, 0.1) is 11.9 Å². The third kappa shape index (κ3) is 4.43. The van der Waals surface area contributed by atoms with Gasteiger partial charge in [0.15, 0.2) is 0 Å². The summed E-state index contributed by atoms with van der Waals surface area (Å²) >= 11 is 6.15. The Bertz CT molecular complexity index is 732. The molecule has 2 heterocycles. The molecule has 1 aromatic rings. The number of aliphatic imine (C=N–C) groups is 1. The molecule has 2 rings (SSSR count). The molecule has 0 amide bonds. The van der Waals surface area contributed by atoms with Crippen LogP contribution in [0.5, 0.6) is 0 Å². The Labute approximate surface area is 160 Å². The zero-order chi connectivity index (χ0) is 19.1.